The maximum absolute atomic E-state index is 13.1. The molecule has 1 N–H and O–H groups in total. The smallest absolute Gasteiger partial charge is 0.124 e. The molecule has 4 heteroatoms. The first kappa shape index (κ1) is 13.6. The average molecular weight is 271 g/mol. The van der Waals surface area contributed by atoms with Crippen molar-refractivity contribution in [2.45, 2.75) is 26.8 Å². The number of halogens is 2. The SMILES string of the molecule is CC(C)(C)C1CN(c2ccc(F)cc2Cl)CCN1. The van der Waals surface area contributed by atoms with Gasteiger partial charge in [0.05, 0.1) is 10.7 Å². The lowest BCUT2D eigenvalue weighted by Crippen LogP contribution is -2.56. The van der Waals surface area contributed by atoms with Crippen LogP contribution in [0.2, 0.25) is 5.02 Å². The van der Waals surface area contributed by atoms with E-state index in [0.717, 1.165) is 25.3 Å². The van der Waals surface area contributed by atoms with Gasteiger partial charge >= 0.3 is 0 Å². The minimum absolute atomic E-state index is 0.200. The van der Waals surface area contributed by atoms with Gasteiger partial charge in [0.1, 0.15) is 5.82 Å². The van der Waals surface area contributed by atoms with Crippen molar-refractivity contribution in [3.63, 3.8) is 0 Å². The van der Waals surface area contributed by atoms with E-state index in [1.165, 1.54) is 12.1 Å². The summed E-state index contributed by atoms with van der Waals surface area (Å²) in [5, 5.41) is 4.02. The van der Waals surface area contributed by atoms with Crippen molar-refractivity contribution < 1.29 is 4.39 Å². The fourth-order valence-electron chi connectivity index (χ4n) is 2.29. The summed E-state index contributed by atoms with van der Waals surface area (Å²) in [6, 6.07) is 5.02. The largest absolute Gasteiger partial charge is 0.367 e. The maximum Gasteiger partial charge on any atom is 0.124 e. The van der Waals surface area contributed by atoms with E-state index in [1.807, 2.05) is 0 Å². The number of piperazine rings is 1. The molecule has 1 heterocycles. The highest BCUT2D eigenvalue weighted by atomic mass is 35.5. The highest BCUT2D eigenvalue weighted by Gasteiger charge is 2.29. The van der Waals surface area contributed by atoms with Gasteiger partial charge in [0.15, 0.2) is 0 Å². The van der Waals surface area contributed by atoms with Gasteiger partial charge in [-0.25, -0.2) is 4.39 Å². The zero-order valence-electron chi connectivity index (χ0n) is 11.1. The fourth-order valence-corrected chi connectivity index (χ4v) is 2.57. The van der Waals surface area contributed by atoms with Crippen LogP contribution in [0.5, 0.6) is 0 Å². The van der Waals surface area contributed by atoms with Crippen LogP contribution in [-0.2, 0) is 0 Å². The highest BCUT2D eigenvalue weighted by molar-refractivity contribution is 6.33. The number of hydrogen-bond donors (Lipinski definition) is 1. The van der Waals surface area contributed by atoms with E-state index in [9.17, 15) is 4.39 Å². The summed E-state index contributed by atoms with van der Waals surface area (Å²) in [4.78, 5) is 2.23. The number of nitrogens with zero attached hydrogens (tertiary/aromatic N) is 1. The monoisotopic (exact) mass is 270 g/mol. The topological polar surface area (TPSA) is 15.3 Å². The molecule has 0 radical (unpaired) electrons. The van der Waals surface area contributed by atoms with Crippen LogP contribution >= 0.6 is 11.6 Å². The molecule has 2 rings (SSSR count). The predicted octanol–water partition coefficient (Wildman–Crippen LogP) is 3.30. The Morgan fingerprint density at radius 1 is 1.39 bits per heavy atom. The Bertz CT molecular complexity index is 428. The Labute approximate surface area is 113 Å². The summed E-state index contributed by atoms with van der Waals surface area (Å²) in [6.07, 6.45) is 0. The minimum Gasteiger partial charge on any atom is -0.367 e. The van der Waals surface area contributed by atoms with Crippen LogP contribution in [-0.4, -0.2) is 25.7 Å². The Morgan fingerprint density at radius 2 is 2.11 bits per heavy atom. The summed E-state index contributed by atoms with van der Waals surface area (Å²) >= 11 is 6.12. The van der Waals surface area contributed by atoms with E-state index in [1.54, 1.807) is 6.07 Å². The van der Waals surface area contributed by atoms with Crippen LogP contribution in [0.15, 0.2) is 18.2 Å². The standard InChI is InChI=1S/C14H20ClFN2/c1-14(2,3)13-9-18(7-6-17-13)12-5-4-10(16)8-11(12)15/h4-5,8,13,17H,6-7,9H2,1-3H3. The third kappa shape index (κ3) is 2.96. The van der Waals surface area contributed by atoms with Crippen molar-refractivity contribution in [2.75, 3.05) is 24.5 Å². The van der Waals surface area contributed by atoms with Crippen LogP contribution in [0.1, 0.15) is 20.8 Å². The molecule has 1 aliphatic rings. The highest BCUT2D eigenvalue weighted by Crippen LogP contribution is 2.30. The van der Waals surface area contributed by atoms with Crippen LogP contribution < -0.4 is 10.2 Å². The van der Waals surface area contributed by atoms with Gasteiger partial charge in [-0.2, -0.15) is 0 Å². The maximum atomic E-state index is 13.1. The molecule has 0 aliphatic carbocycles. The van der Waals surface area contributed by atoms with Gasteiger partial charge in [-0.05, 0) is 23.6 Å². The molecule has 1 fully saturated rings. The van der Waals surface area contributed by atoms with Crippen LogP contribution in [0.3, 0.4) is 0 Å². The number of benzene rings is 1. The van der Waals surface area contributed by atoms with Crippen molar-refractivity contribution >= 4 is 17.3 Å². The Balaban J connectivity index is 2.18. The lowest BCUT2D eigenvalue weighted by molar-refractivity contribution is 0.254. The van der Waals surface area contributed by atoms with Gasteiger partial charge in [-0.1, -0.05) is 32.4 Å². The van der Waals surface area contributed by atoms with Crippen LogP contribution in [0.4, 0.5) is 10.1 Å². The van der Waals surface area contributed by atoms with Crippen LogP contribution in [0, 0.1) is 11.2 Å². The first-order valence-electron chi connectivity index (χ1n) is 6.31. The van der Waals surface area contributed by atoms with Crippen molar-refractivity contribution in [1.82, 2.24) is 5.32 Å². The number of hydrogen-bond acceptors (Lipinski definition) is 2. The predicted molar refractivity (Wildman–Crippen MR) is 74.9 cm³/mol. The Hall–Kier alpha value is -0.800. The summed E-state index contributed by atoms with van der Waals surface area (Å²) in [5.74, 6) is -0.286. The third-order valence-corrected chi connectivity index (χ3v) is 3.77. The second-order valence-corrected chi connectivity index (χ2v) is 6.32. The molecule has 0 aromatic heterocycles. The molecule has 100 valence electrons. The molecule has 1 unspecified atom stereocenters. The quantitative estimate of drug-likeness (QED) is 0.842. The van der Waals surface area contributed by atoms with E-state index in [4.69, 9.17) is 11.6 Å². The molecule has 1 atom stereocenters. The second kappa shape index (κ2) is 5.06. The minimum atomic E-state index is -0.286. The van der Waals surface area contributed by atoms with Gasteiger partial charge in [0, 0.05) is 25.7 Å². The molecule has 2 nitrogen and oxygen atoms in total. The molecule has 1 saturated heterocycles. The van der Waals surface area contributed by atoms with E-state index < -0.39 is 0 Å². The average Bonchev–Trinajstić information content (AvgIpc) is 2.28. The van der Waals surface area contributed by atoms with E-state index >= 15 is 0 Å². The fraction of sp³-hybridized carbons (Fsp3) is 0.571. The summed E-state index contributed by atoms with van der Waals surface area (Å²) in [7, 11) is 0. The zero-order chi connectivity index (χ0) is 13.3. The van der Waals surface area contributed by atoms with E-state index in [2.05, 4.69) is 31.0 Å². The Kier molecular flexibility index (Phi) is 3.83. The van der Waals surface area contributed by atoms with Crippen molar-refractivity contribution in [3.05, 3.63) is 29.0 Å². The summed E-state index contributed by atoms with van der Waals surface area (Å²) < 4.78 is 13.1. The zero-order valence-corrected chi connectivity index (χ0v) is 11.9. The van der Waals surface area contributed by atoms with E-state index in [0.29, 0.717) is 11.1 Å². The molecule has 1 aliphatic heterocycles. The normalized spacial score (nSPS) is 21.2. The molecule has 0 bridgehead atoms. The van der Waals surface area contributed by atoms with Gasteiger partial charge in [-0.15, -0.1) is 0 Å². The molecule has 0 saturated carbocycles. The number of anilines is 1. The number of rotatable bonds is 1. The first-order chi connectivity index (χ1) is 8.38. The molecule has 0 spiro atoms. The molecular formula is C14H20ClFN2. The van der Waals surface area contributed by atoms with Gasteiger partial charge in [-0.3, -0.25) is 0 Å². The second-order valence-electron chi connectivity index (χ2n) is 5.91. The molecular weight excluding hydrogens is 251 g/mol. The van der Waals surface area contributed by atoms with Crippen molar-refractivity contribution in [1.29, 1.82) is 0 Å². The molecule has 1 aromatic carbocycles. The Morgan fingerprint density at radius 3 is 2.72 bits per heavy atom. The molecule has 0 amide bonds. The molecule has 18 heavy (non-hydrogen) atoms. The van der Waals surface area contributed by atoms with E-state index in [-0.39, 0.29) is 11.2 Å². The van der Waals surface area contributed by atoms with Gasteiger partial charge in [0.2, 0.25) is 0 Å². The third-order valence-electron chi connectivity index (χ3n) is 3.47. The summed E-state index contributed by atoms with van der Waals surface area (Å²) in [5.41, 5.74) is 1.12. The van der Waals surface area contributed by atoms with Crippen molar-refractivity contribution in [3.8, 4) is 0 Å². The summed E-state index contributed by atoms with van der Waals surface area (Å²) in [6.45, 7) is 9.39. The van der Waals surface area contributed by atoms with Gasteiger partial charge in [0.25, 0.3) is 0 Å². The first-order valence-corrected chi connectivity index (χ1v) is 6.69. The van der Waals surface area contributed by atoms with Gasteiger partial charge < -0.3 is 10.2 Å². The number of nitrogens with one attached hydrogen (secondary N) is 1. The lowest BCUT2D eigenvalue weighted by Gasteiger charge is -2.41. The molecule has 1 aromatic rings. The van der Waals surface area contributed by atoms with Crippen molar-refractivity contribution in [2.24, 2.45) is 5.41 Å². The lowest BCUT2D eigenvalue weighted by atomic mass is 9.85. The van der Waals surface area contributed by atoms with Crippen LogP contribution in [0.25, 0.3) is 0 Å².